The van der Waals surface area contributed by atoms with Crippen LogP contribution in [0.2, 0.25) is 0 Å². The Bertz CT molecular complexity index is 1010. The maximum atomic E-state index is 12.7. The molecule has 25 heavy (non-hydrogen) atoms. The average molecular weight is 358 g/mol. The minimum Gasteiger partial charge on any atom is -0.495 e. The molecule has 1 aromatic heterocycles. The lowest BCUT2D eigenvalue weighted by atomic mass is 10.1. The molecule has 0 saturated carbocycles. The van der Waals surface area contributed by atoms with Crippen LogP contribution < -0.4 is 9.46 Å². The molecule has 0 fully saturated rings. The Morgan fingerprint density at radius 3 is 2.48 bits per heavy atom. The maximum absolute atomic E-state index is 12.7. The molecule has 0 amide bonds. The largest absolute Gasteiger partial charge is 0.495 e. The maximum Gasteiger partial charge on any atom is 0.262 e. The first kappa shape index (κ1) is 17.0. The highest BCUT2D eigenvalue weighted by Crippen LogP contribution is 2.29. The highest BCUT2D eigenvalue weighted by molar-refractivity contribution is 7.92. The van der Waals surface area contributed by atoms with E-state index < -0.39 is 10.0 Å². The molecule has 7 heteroatoms. The molecule has 2 aromatic carbocycles. The van der Waals surface area contributed by atoms with Gasteiger partial charge in [0.15, 0.2) is 5.76 Å². The molecule has 130 valence electrons. The lowest BCUT2D eigenvalue weighted by Crippen LogP contribution is -2.14. The summed E-state index contributed by atoms with van der Waals surface area (Å²) in [7, 11) is -2.25. The minimum absolute atomic E-state index is 0.193. The van der Waals surface area contributed by atoms with E-state index in [0.29, 0.717) is 22.8 Å². The SMILES string of the molecule is COc1ccccc1NS(=O)(=O)c1ccc(-c2cc(C)no2)cc1C. The van der Waals surface area contributed by atoms with Crippen LogP contribution in [0.25, 0.3) is 11.3 Å². The number of hydrogen-bond acceptors (Lipinski definition) is 5. The Kier molecular flexibility index (Phi) is 4.50. The predicted octanol–water partition coefficient (Wildman–Crippen LogP) is 3.77. The Morgan fingerprint density at radius 1 is 1.08 bits per heavy atom. The number of sulfonamides is 1. The van der Waals surface area contributed by atoms with Crippen LogP contribution in [-0.2, 0) is 10.0 Å². The molecule has 0 spiro atoms. The van der Waals surface area contributed by atoms with Crippen molar-refractivity contribution in [1.29, 1.82) is 0 Å². The van der Waals surface area contributed by atoms with E-state index in [0.717, 1.165) is 11.3 Å². The molecule has 3 rings (SSSR count). The van der Waals surface area contributed by atoms with Crippen LogP contribution in [0.3, 0.4) is 0 Å². The summed E-state index contributed by atoms with van der Waals surface area (Å²) in [4.78, 5) is 0.193. The van der Waals surface area contributed by atoms with Crippen LogP contribution in [-0.4, -0.2) is 20.7 Å². The third kappa shape index (κ3) is 3.51. The number of aryl methyl sites for hydroxylation is 2. The molecule has 6 nitrogen and oxygen atoms in total. The molecule has 1 N–H and O–H groups in total. The van der Waals surface area contributed by atoms with Crippen LogP contribution in [0.1, 0.15) is 11.3 Å². The van der Waals surface area contributed by atoms with Gasteiger partial charge in [0.2, 0.25) is 0 Å². The Labute approximate surface area is 146 Å². The van der Waals surface area contributed by atoms with E-state index in [9.17, 15) is 8.42 Å². The molecule has 0 saturated heterocycles. The van der Waals surface area contributed by atoms with Gasteiger partial charge in [0.05, 0.1) is 23.4 Å². The highest BCUT2D eigenvalue weighted by atomic mass is 32.2. The number of aromatic nitrogens is 1. The third-order valence-electron chi connectivity index (χ3n) is 3.73. The van der Waals surface area contributed by atoms with Gasteiger partial charge in [0.1, 0.15) is 5.75 Å². The first-order valence-electron chi connectivity index (χ1n) is 7.61. The second-order valence-electron chi connectivity index (χ2n) is 5.62. The van der Waals surface area contributed by atoms with Gasteiger partial charge in [-0.3, -0.25) is 4.72 Å². The topological polar surface area (TPSA) is 81.4 Å². The number of nitrogens with one attached hydrogen (secondary N) is 1. The standard InChI is InChI=1S/C18H18N2O4S/c1-12-10-14(17-11-13(2)19-24-17)8-9-18(12)25(21,22)20-15-6-4-5-7-16(15)23-3/h4-11,20H,1-3H3. The van der Waals surface area contributed by atoms with Crippen molar-refractivity contribution in [1.82, 2.24) is 5.16 Å². The van der Waals surface area contributed by atoms with Crippen molar-refractivity contribution >= 4 is 15.7 Å². The summed E-state index contributed by atoms with van der Waals surface area (Å²) in [6.07, 6.45) is 0. The zero-order valence-electron chi connectivity index (χ0n) is 14.1. The number of benzene rings is 2. The fourth-order valence-corrected chi connectivity index (χ4v) is 3.83. The third-order valence-corrected chi connectivity index (χ3v) is 5.25. The molecular formula is C18H18N2O4S. The van der Waals surface area contributed by atoms with Gasteiger partial charge in [-0.25, -0.2) is 8.42 Å². The Morgan fingerprint density at radius 2 is 1.84 bits per heavy atom. The van der Waals surface area contributed by atoms with E-state index in [2.05, 4.69) is 9.88 Å². The molecule has 0 unspecified atom stereocenters. The van der Waals surface area contributed by atoms with Crippen molar-refractivity contribution in [3.8, 4) is 17.1 Å². The molecule has 0 aliphatic carbocycles. The van der Waals surface area contributed by atoms with Crippen molar-refractivity contribution in [2.75, 3.05) is 11.8 Å². The molecule has 0 radical (unpaired) electrons. The molecule has 3 aromatic rings. The summed E-state index contributed by atoms with van der Waals surface area (Å²) < 4.78 is 38.5. The monoisotopic (exact) mass is 358 g/mol. The first-order chi connectivity index (χ1) is 11.9. The van der Waals surface area contributed by atoms with Crippen molar-refractivity contribution in [2.45, 2.75) is 18.7 Å². The molecular weight excluding hydrogens is 340 g/mol. The van der Waals surface area contributed by atoms with Crippen LogP contribution in [0, 0.1) is 13.8 Å². The fourth-order valence-electron chi connectivity index (χ4n) is 2.53. The summed E-state index contributed by atoms with van der Waals surface area (Å²) in [5.74, 6) is 1.06. The number of para-hydroxylation sites is 2. The van der Waals surface area contributed by atoms with E-state index in [4.69, 9.17) is 9.26 Å². The summed E-state index contributed by atoms with van der Waals surface area (Å²) in [6, 6.07) is 13.7. The van der Waals surface area contributed by atoms with E-state index in [1.807, 2.05) is 6.92 Å². The van der Waals surface area contributed by atoms with E-state index in [-0.39, 0.29) is 4.90 Å². The van der Waals surface area contributed by atoms with Crippen LogP contribution in [0.4, 0.5) is 5.69 Å². The summed E-state index contributed by atoms with van der Waals surface area (Å²) >= 11 is 0. The number of methoxy groups -OCH3 is 1. The van der Waals surface area contributed by atoms with Gasteiger partial charge in [-0.1, -0.05) is 17.3 Å². The number of hydrogen-bond donors (Lipinski definition) is 1. The minimum atomic E-state index is -3.75. The Hall–Kier alpha value is -2.80. The summed E-state index contributed by atoms with van der Waals surface area (Å²) in [5, 5.41) is 3.85. The normalized spacial score (nSPS) is 11.3. The second kappa shape index (κ2) is 6.60. The van der Waals surface area contributed by atoms with Gasteiger partial charge in [0, 0.05) is 11.6 Å². The predicted molar refractivity (Wildman–Crippen MR) is 95.2 cm³/mol. The van der Waals surface area contributed by atoms with Crippen LogP contribution in [0.5, 0.6) is 5.75 Å². The van der Waals surface area contributed by atoms with Crippen LogP contribution in [0.15, 0.2) is 57.9 Å². The average Bonchev–Trinajstić information content (AvgIpc) is 3.01. The van der Waals surface area contributed by atoms with Crippen molar-refractivity contribution < 1.29 is 17.7 Å². The lowest BCUT2D eigenvalue weighted by molar-refractivity contribution is 0.417. The van der Waals surface area contributed by atoms with Gasteiger partial charge in [-0.15, -0.1) is 0 Å². The highest BCUT2D eigenvalue weighted by Gasteiger charge is 2.19. The lowest BCUT2D eigenvalue weighted by Gasteiger charge is -2.13. The smallest absolute Gasteiger partial charge is 0.262 e. The molecule has 0 atom stereocenters. The summed E-state index contributed by atoms with van der Waals surface area (Å²) in [6.45, 7) is 3.57. The quantitative estimate of drug-likeness (QED) is 0.751. The fraction of sp³-hybridized carbons (Fsp3) is 0.167. The van der Waals surface area contributed by atoms with Crippen molar-refractivity contribution in [3.05, 3.63) is 59.8 Å². The van der Waals surface area contributed by atoms with Gasteiger partial charge in [0.25, 0.3) is 10.0 Å². The summed E-state index contributed by atoms with van der Waals surface area (Å²) in [5.41, 5.74) is 2.53. The zero-order valence-corrected chi connectivity index (χ0v) is 14.9. The molecule has 1 heterocycles. The van der Waals surface area contributed by atoms with Gasteiger partial charge in [-0.2, -0.15) is 0 Å². The van der Waals surface area contributed by atoms with Gasteiger partial charge in [-0.05, 0) is 49.7 Å². The van der Waals surface area contributed by atoms with E-state index >= 15 is 0 Å². The van der Waals surface area contributed by atoms with E-state index in [1.54, 1.807) is 55.5 Å². The van der Waals surface area contributed by atoms with Gasteiger partial charge < -0.3 is 9.26 Å². The molecule has 0 aliphatic rings. The molecule has 0 bridgehead atoms. The van der Waals surface area contributed by atoms with Crippen molar-refractivity contribution in [3.63, 3.8) is 0 Å². The van der Waals surface area contributed by atoms with Crippen molar-refractivity contribution in [2.24, 2.45) is 0 Å². The second-order valence-corrected chi connectivity index (χ2v) is 7.27. The number of ether oxygens (including phenoxy) is 1. The number of anilines is 1. The van der Waals surface area contributed by atoms with E-state index in [1.165, 1.54) is 7.11 Å². The Balaban J connectivity index is 1.95. The van der Waals surface area contributed by atoms with Gasteiger partial charge >= 0.3 is 0 Å². The number of rotatable bonds is 5. The first-order valence-corrected chi connectivity index (χ1v) is 9.09. The molecule has 0 aliphatic heterocycles. The van der Waals surface area contributed by atoms with Crippen LogP contribution >= 0.6 is 0 Å². The zero-order chi connectivity index (χ0) is 18.0. The number of nitrogens with zero attached hydrogens (tertiary/aromatic N) is 1.